The van der Waals surface area contributed by atoms with Gasteiger partial charge in [-0.2, -0.15) is 0 Å². The molecule has 0 spiro atoms. The standard InChI is InChI=1S/C18H36O3.Na.H/c1-2-3-4-11-14-17(19)15-12-9-7-5-6-8-10-13-16-18(20)21;;/h17,19H,2-16H2,1H3,(H,20,21);;. The van der Waals surface area contributed by atoms with Crippen LogP contribution in [-0.4, -0.2) is 51.8 Å². The fourth-order valence-corrected chi connectivity index (χ4v) is 2.67. The molecule has 0 saturated carbocycles. The van der Waals surface area contributed by atoms with Crippen LogP contribution in [0.5, 0.6) is 0 Å². The van der Waals surface area contributed by atoms with Gasteiger partial charge < -0.3 is 10.2 Å². The first-order valence-electron chi connectivity index (χ1n) is 9.06. The molecule has 0 rings (SSSR count). The van der Waals surface area contributed by atoms with Crippen LogP contribution in [-0.2, 0) is 4.79 Å². The maximum atomic E-state index is 10.3. The van der Waals surface area contributed by atoms with Crippen molar-refractivity contribution in [1.82, 2.24) is 0 Å². The summed E-state index contributed by atoms with van der Waals surface area (Å²) < 4.78 is 0. The zero-order chi connectivity index (χ0) is 15.8. The van der Waals surface area contributed by atoms with Crippen LogP contribution in [0.15, 0.2) is 0 Å². The monoisotopic (exact) mass is 324 g/mol. The van der Waals surface area contributed by atoms with Crippen LogP contribution < -0.4 is 0 Å². The average Bonchev–Trinajstić information content (AvgIpc) is 2.45. The van der Waals surface area contributed by atoms with E-state index in [-0.39, 0.29) is 35.7 Å². The van der Waals surface area contributed by atoms with Crippen LogP contribution in [0, 0.1) is 0 Å². The number of hydrogen-bond acceptors (Lipinski definition) is 2. The third-order valence-electron chi connectivity index (χ3n) is 4.07. The molecule has 0 aromatic rings. The van der Waals surface area contributed by atoms with Crippen LogP contribution in [0.3, 0.4) is 0 Å². The van der Waals surface area contributed by atoms with E-state index in [0.29, 0.717) is 6.42 Å². The van der Waals surface area contributed by atoms with Gasteiger partial charge in [0.1, 0.15) is 0 Å². The van der Waals surface area contributed by atoms with Gasteiger partial charge in [-0.15, -0.1) is 0 Å². The molecule has 0 saturated heterocycles. The Hall–Kier alpha value is 0.430. The fourth-order valence-electron chi connectivity index (χ4n) is 2.67. The molecule has 22 heavy (non-hydrogen) atoms. The second-order valence-electron chi connectivity index (χ2n) is 6.26. The summed E-state index contributed by atoms with van der Waals surface area (Å²) in [6.07, 6.45) is 16.3. The van der Waals surface area contributed by atoms with E-state index in [4.69, 9.17) is 5.11 Å². The van der Waals surface area contributed by atoms with Crippen molar-refractivity contribution in [3.63, 3.8) is 0 Å². The first-order valence-corrected chi connectivity index (χ1v) is 9.06. The number of unbranched alkanes of at least 4 members (excludes halogenated alkanes) is 10. The van der Waals surface area contributed by atoms with Crippen molar-refractivity contribution in [1.29, 1.82) is 0 Å². The van der Waals surface area contributed by atoms with E-state index in [1.54, 1.807) is 0 Å². The third kappa shape index (κ3) is 20.4. The van der Waals surface area contributed by atoms with Gasteiger partial charge in [0.2, 0.25) is 0 Å². The van der Waals surface area contributed by atoms with Gasteiger partial charge >= 0.3 is 35.5 Å². The topological polar surface area (TPSA) is 57.5 Å². The van der Waals surface area contributed by atoms with Gasteiger partial charge in [-0.3, -0.25) is 4.79 Å². The molecule has 3 nitrogen and oxygen atoms in total. The molecule has 0 radical (unpaired) electrons. The summed E-state index contributed by atoms with van der Waals surface area (Å²) in [6, 6.07) is 0. The molecule has 0 bridgehead atoms. The summed E-state index contributed by atoms with van der Waals surface area (Å²) >= 11 is 0. The molecule has 0 aliphatic carbocycles. The van der Waals surface area contributed by atoms with Gasteiger partial charge in [-0.1, -0.05) is 77.6 Å². The molecule has 0 aromatic heterocycles. The minimum atomic E-state index is -0.678. The van der Waals surface area contributed by atoms with Crippen molar-refractivity contribution in [3.8, 4) is 0 Å². The van der Waals surface area contributed by atoms with Crippen LogP contribution in [0.4, 0.5) is 0 Å². The number of carbonyl (C=O) groups is 1. The Bertz CT molecular complexity index is 234. The number of hydrogen-bond donors (Lipinski definition) is 2. The number of carboxylic acids is 1. The maximum absolute atomic E-state index is 10.3. The van der Waals surface area contributed by atoms with Gasteiger partial charge in [-0.25, -0.2) is 0 Å². The fraction of sp³-hybridized carbons (Fsp3) is 0.944. The molecule has 2 N–H and O–H groups in total. The van der Waals surface area contributed by atoms with Crippen LogP contribution in [0.25, 0.3) is 0 Å². The molecule has 4 heteroatoms. The summed E-state index contributed by atoms with van der Waals surface area (Å²) in [5, 5.41) is 18.4. The van der Waals surface area contributed by atoms with E-state index in [2.05, 4.69) is 6.92 Å². The molecule has 0 aliphatic heterocycles. The molecule has 1 atom stereocenters. The van der Waals surface area contributed by atoms with E-state index < -0.39 is 5.97 Å². The van der Waals surface area contributed by atoms with E-state index in [1.807, 2.05) is 0 Å². The van der Waals surface area contributed by atoms with Gasteiger partial charge in [0, 0.05) is 6.42 Å². The van der Waals surface area contributed by atoms with E-state index >= 15 is 0 Å². The molecular formula is C18H37NaO3. The SMILES string of the molecule is CCCCCCC(O)CCCCCCCCCCC(=O)O.[NaH]. The third-order valence-corrected chi connectivity index (χ3v) is 4.07. The summed E-state index contributed by atoms with van der Waals surface area (Å²) in [5.41, 5.74) is 0. The van der Waals surface area contributed by atoms with Crippen molar-refractivity contribution in [3.05, 3.63) is 0 Å². The molecule has 0 aromatic carbocycles. The van der Waals surface area contributed by atoms with E-state index in [9.17, 15) is 9.90 Å². The Morgan fingerprint density at radius 1 is 0.773 bits per heavy atom. The summed E-state index contributed by atoms with van der Waals surface area (Å²) in [6.45, 7) is 2.21. The van der Waals surface area contributed by atoms with Gasteiger partial charge in [0.05, 0.1) is 6.10 Å². The van der Waals surface area contributed by atoms with Crippen LogP contribution in [0.1, 0.15) is 103 Å². The first-order chi connectivity index (χ1) is 10.2. The molecule has 1 unspecified atom stereocenters. The molecule has 0 fully saturated rings. The summed E-state index contributed by atoms with van der Waals surface area (Å²) in [5.74, 6) is -0.678. The quantitative estimate of drug-likeness (QED) is 0.321. The second-order valence-corrected chi connectivity index (χ2v) is 6.26. The zero-order valence-corrected chi connectivity index (χ0v) is 14.0. The molecular weight excluding hydrogens is 287 g/mol. The Morgan fingerprint density at radius 3 is 1.64 bits per heavy atom. The van der Waals surface area contributed by atoms with Crippen LogP contribution >= 0.6 is 0 Å². The predicted octanol–water partition coefficient (Wildman–Crippen LogP) is 4.65. The molecule has 0 amide bonds. The summed E-state index contributed by atoms with van der Waals surface area (Å²) in [4.78, 5) is 10.3. The van der Waals surface area contributed by atoms with Crippen molar-refractivity contribution in [2.45, 2.75) is 109 Å². The average molecular weight is 324 g/mol. The molecule has 0 aliphatic rings. The van der Waals surface area contributed by atoms with E-state index in [1.165, 1.54) is 51.4 Å². The Kier molecular flexibility index (Phi) is 21.8. The second kappa shape index (κ2) is 19.5. The Balaban J connectivity index is 0. The first kappa shape index (κ1) is 24.7. The molecule has 128 valence electrons. The zero-order valence-electron chi connectivity index (χ0n) is 14.0. The predicted molar refractivity (Wildman–Crippen MR) is 95.7 cm³/mol. The van der Waals surface area contributed by atoms with E-state index in [0.717, 1.165) is 38.5 Å². The summed E-state index contributed by atoms with van der Waals surface area (Å²) in [7, 11) is 0. The number of rotatable bonds is 16. The van der Waals surface area contributed by atoms with Crippen molar-refractivity contribution >= 4 is 35.5 Å². The van der Waals surface area contributed by atoms with Crippen molar-refractivity contribution < 1.29 is 15.0 Å². The van der Waals surface area contributed by atoms with Gasteiger partial charge in [0.15, 0.2) is 0 Å². The van der Waals surface area contributed by atoms with Crippen LogP contribution in [0.2, 0.25) is 0 Å². The van der Waals surface area contributed by atoms with Gasteiger partial charge in [-0.05, 0) is 19.3 Å². The Labute approximate surface area is 159 Å². The molecule has 0 heterocycles. The number of aliphatic carboxylic acids is 1. The van der Waals surface area contributed by atoms with Crippen molar-refractivity contribution in [2.75, 3.05) is 0 Å². The Morgan fingerprint density at radius 2 is 1.18 bits per heavy atom. The van der Waals surface area contributed by atoms with Crippen molar-refractivity contribution in [2.24, 2.45) is 0 Å². The number of aliphatic hydroxyl groups excluding tert-OH is 1. The number of aliphatic hydroxyl groups is 1. The van der Waals surface area contributed by atoms with Gasteiger partial charge in [0.25, 0.3) is 0 Å². The number of carboxylic acid groups (broad SMARTS) is 1. The minimum absolute atomic E-state index is 0. The normalized spacial score (nSPS) is 11.9.